The Labute approximate surface area is 341 Å². The van der Waals surface area contributed by atoms with E-state index in [2.05, 4.69) is 62.5 Å². The molecule has 0 spiro atoms. The fourth-order valence-electron chi connectivity index (χ4n) is 6.87. The van der Waals surface area contributed by atoms with Gasteiger partial charge in [-0.3, -0.25) is 0 Å². The molecule has 55 heavy (non-hydrogen) atoms. The molecule has 1 rings (SSSR count). The van der Waals surface area contributed by atoms with Crippen molar-refractivity contribution in [2.75, 3.05) is 20.2 Å². The monoisotopic (exact) mass is 772 g/mol. The van der Waals surface area contributed by atoms with Gasteiger partial charge in [-0.05, 0) is 104 Å². The van der Waals surface area contributed by atoms with Gasteiger partial charge in [-0.15, -0.1) is 0 Å². The van der Waals surface area contributed by atoms with E-state index in [9.17, 15) is 4.79 Å². The van der Waals surface area contributed by atoms with E-state index in [1.54, 1.807) is 11.9 Å². The quantitative estimate of drug-likeness (QED) is 0.0474. The number of carbonyl (C=O) groups is 1. The van der Waals surface area contributed by atoms with Gasteiger partial charge in [0.15, 0.2) is 0 Å². The summed E-state index contributed by atoms with van der Waals surface area (Å²) in [7, 11) is 1.77. The molecule has 1 aliphatic heterocycles. The fourth-order valence-corrected chi connectivity index (χ4v) is 6.87. The SMILES string of the molecule is CCCCC/C=C\C/C=C\CCCCCCCCC(CCCCCCCC/C=C\C/C=C\CCCCC)OC1(C)OCC(CCN(C)C(=O)OC(C)(C)C)O1. The third-order valence-electron chi connectivity index (χ3n) is 10.2. The number of allylic oxidation sites excluding steroid dienone is 8. The number of unbranched alkanes of at least 4 members (excludes halogenated alkanes) is 18. The summed E-state index contributed by atoms with van der Waals surface area (Å²) >= 11 is 0. The molecule has 320 valence electrons. The van der Waals surface area contributed by atoms with E-state index in [1.807, 2.05) is 27.7 Å². The minimum absolute atomic E-state index is 0.112. The van der Waals surface area contributed by atoms with Crippen molar-refractivity contribution in [2.45, 2.75) is 239 Å². The normalized spacial score (nSPS) is 18.0. The maximum atomic E-state index is 12.4. The van der Waals surface area contributed by atoms with E-state index < -0.39 is 11.6 Å². The van der Waals surface area contributed by atoms with Gasteiger partial charge in [0, 0.05) is 20.5 Å². The molecule has 2 atom stereocenters. The van der Waals surface area contributed by atoms with Crippen molar-refractivity contribution in [2.24, 2.45) is 0 Å². The number of amides is 1. The van der Waals surface area contributed by atoms with E-state index in [0.29, 0.717) is 19.6 Å². The minimum atomic E-state index is -1.03. The number of hydrogen-bond donors (Lipinski definition) is 0. The van der Waals surface area contributed by atoms with Crippen LogP contribution in [0.2, 0.25) is 0 Å². The summed E-state index contributed by atoms with van der Waals surface area (Å²) in [5, 5.41) is 0. The minimum Gasteiger partial charge on any atom is -0.444 e. The molecule has 6 nitrogen and oxygen atoms in total. The summed E-state index contributed by atoms with van der Waals surface area (Å²) < 4.78 is 24.6. The van der Waals surface area contributed by atoms with Crippen LogP contribution < -0.4 is 0 Å². The average Bonchev–Trinajstić information content (AvgIpc) is 3.52. The van der Waals surface area contributed by atoms with Crippen LogP contribution in [0.4, 0.5) is 4.79 Å². The van der Waals surface area contributed by atoms with Crippen LogP contribution in [0.1, 0.15) is 215 Å². The molecule has 1 saturated heterocycles. The van der Waals surface area contributed by atoms with E-state index in [4.69, 9.17) is 18.9 Å². The van der Waals surface area contributed by atoms with Gasteiger partial charge >= 0.3 is 6.09 Å². The first kappa shape index (κ1) is 51.1. The Hall–Kier alpha value is -1.89. The maximum absolute atomic E-state index is 12.4. The molecule has 1 aliphatic rings. The predicted molar refractivity (Wildman–Crippen MR) is 236 cm³/mol. The van der Waals surface area contributed by atoms with Crippen LogP contribution in [0.25, 0.3) is 0 Å². The highest BCUT2D eigenvalue weighted by Crippen LogP contribution is 2.31. The van der Waals surface area contributed by atoms with Crippen molar-refractivity contribution < 1.29 is 23.7 Å². The van der Waals surface area contributed by atoms with Crippen LogP contribution in [0, 0.1) is 0 Å². The number of rotatable bonds is 35. The molecule has 1 fully saturated rings. The molecule has 0 radical (unpaired) electrons. The Morgan fingerprint density at radius 3 is 1.53 bits per heavy atom. The maximum Gasteiger partial charge on any atom is 0.410 e. The van der Waals surface area contributed by atoms with Gasteiger partial charge in [-0.2, -0.15) is 0 Å². The number of ether oxygens (including phenoxy) is 4. The lowest BCUT2D eigenvalue weighted by atomic mass is 10.0. The highest BCUT2D eigenvalue weighted by molar-refractivity contribution is 5.67. The summed E-state index contributed by atoms with van der Waals surface area (Å²) in [5.41, 5.74) is -0.510. The topological polar surface area (TPSA) is 57.2 Å². The first-order chi connectivity index (χ1) is 26.6. The number of carbonyl (C=O) groups excluding carboxylic acids is 1. The molecular formula is C49H89NO5. The number of nitrogens with zero attached hydrogens (tertiary/aromatic N) is 1. The molecule has 0 bridgehead atoms. The summed E-state index contributed by atoms with van der Waals surface area (Å²) in [6, 6.07) is 0. The van der Waals surface area contributed by atoms with Crippen LogP contribution in [0.5, 0.6) is 0 Å². The van der Waals surface area contributed by atoms with Gasteiger partial charge in [0.1, 0.15) is 5.60 Å². The second-order valence-electron chi connectivity index (χ2n) is 17.1. The smallest absolute Gasteiger partial charge is 0.410 e. The van der Waals surface area contributed by atoms with Crippen LogP contribution in [0.3, 0.4) is 0 Å². The predicted octanol–water partition coefficient (Wildman–Crippen LogP) is 15.1. The standard InChI is InChI=1S/C49H89NO5/c1-8-10-12-14-16-18-20-22-24-26-28-30-32-34-36-38-40-45(41-39-37-35-33-31-29-27-25-23-21-19-17-15-13-11-9-2)53-49(6)52-44-46(54-49)42-43-50(7)47(51)55-48(3,4)5/h16-19,22-25,45-46H,8-15,20-21,26-44H2,1-7H3/b18-16-,19-17-,24-22-,25-23-. The second kappa shape index (κ2) is 34.2. The zero-order valence-electron chi connectivity index (χ0n) is 37.3. The summed E-state index contributed by atoms with van der Waals surface area (Å²) in [6.07, 6.45) is 51.4. The Bertz CT molecular complexity index is 965. The first-order valence-electron chi connectivity index (χ1n) is 23.1. The average molecular weight is 772 g/mol. The molecule has 0 aromatic heterocycles. The van der Waals surface area contributed by atoms with E-state index >= 15 is 0 Å². The Morgan fingerprint density at radius 1 is 0.673 bits per heavy atom. The zero-order valence-corrected chi connectivity index (χ0v) is 37.3. The number of hydrogen-bond acceptors (Lipinski definition) is 5. The lowest BCUT2D eigenvalue weighted by molar-refractivity contribution is -0.343. The summed E-state index contributed by atoms with van der Waals surface area (Å²) in [6.45, 7) is 13.1. The molecule has 1 amide bonds. The summed E-state index contributed by atoms with van der Waals surface area (Å²) in [5.74, 6) is -1.03. The van der Waals surface area contributed by atoms with Gasteiger partial charge in [-0.25, -0.2) is 4.79 Å². The molecule has 1 heterocycles. The van der Waals surface area contributed by atoms with Crippen molar-refractivity contribution in [1.29, 1.82) is 0 Å². The Morgan fingerprint density at radius 2 is 1.09 bits per heavy atom. The van der Waals surface area contributed by atoms with Gasteiger partial charge in [0.25, 0.3) is 5.97 Å². The van der Waals surface area contributed by atoms with Crippen molar-refractivity contribution in [3.63, 3.8) is 0 Å². The third kappa shape index (κ3) is 31.8. The van der Waals surface area contributed by atoms with Crippen molar-refractivity contribution in [1.82, 2.24) is 4.90 Å². The second-order valence-corrected chi connectivity index (χ2v) is 17.1. The Balaban J connectivity index is 2.39. The van der Waals surface area contributed by atoms with Crippen molar-refractivity contribution >= 4 is 6.09 Å². The molecule has 0 N–H and O–H groups in total. The molecule has 0 saturated carbocycles. The van der Waals surface area contributed by atoms with Gasteiger partial charge < -0.3 is 23.8 Å². The lowest BCUT2D eigenvalue weighted by Gasteiger charge is -2.29. The van der Waals surface area contributed by atoms with Gasteiger partial charge in [0.2, 0.25) is 0 Å². The molecule has 6 heteroatoms. The van der Waals surface area contributed by atoms with E-state index in [0.717, 1.165) is 25.7 Å². The highest BCUT2D eigenvalue weighted by Gasteiger charge is 2.40. The molecular weight excluding hydrogens is 683 g/mol. The van der Waals surface area contributed by atoms with Crippen molar-refractivity contribution in [3.8, 4) is 0 Å². The van der Waals surface area contributed by atoms with Crippen LogP contribution in [-0.4, -0.2) is 55.0 Å². The van der Waals surface area contributed by atoms with Crippen LogP contribution >= 0.6 is 0 Å². The molecule has 0 aromatic carbocycles. The highest BCUT2D eigenvalue weighted by atomic mass is 16.9. The van der Waals surface area contributed by atoms with Crippen LogP contribution in [0.15, 0.2) is 48.6 Å². The largest absolute Gasteiger partial charge is 0.444 e. The van der Waals surface area contributed by atoms with E-state index in [1.165, 1.54) is 141 Å². The third-order valence-corrected chi connectivity index (χ3v) is 10.2. The van der Waals surface area contributed by atoms with Gasteiger partial charge in [0.05, 0.1) is 18.8 Å². The fraction of sp³-hybridized carbons (Fsp3) is 0.816. The van der Waals surface area contributed by atoms with Gasteiger partial charge in [-0.1, -0.05) is 152 Å². The zero-order chi connectivity index (χ0) is 40.3. The summed E-state index contributed by atoms with van der Waals surface area (Å²) in [4.78, 5) is 14.0. The molecule has 0 aromatic rings. The van der Waals surface area contributed by atoms with Crippen molar-refractivity contribution in [3.05, 3.63) is 48.6 Å². The van der Waals surface area contributed by atoms with E-state index in [-0.39, 0.29) is 18.3 Å². The molecule has 2 unspecified atom stereocenters. The Kier molecular flexibility index (Phi) is 31.8. The molecule has 0 aliphatic carbocycles. The first-order valence-corrected chi connectivity index (χ1v) is 23.1. The lowest BCUT2D eigenvalue weighted by Crippen LogP contribution is -2.37. The van der Waals surface area contributed by atoms with Crippen LogP contribution in [-0.2, 0) is 18.9 Å².